The van der Waals surface area contributed by atoms with Crippen LogP contribution < -0.4 is 9.80 Å². The molecule has 0 radical (unpaired) electrons. The topological polar surface area (TPSA) is 49.6 Å². The molecule has 4 rings (SSSR count). The Morgan fingerprint density at radius 1 is 0.741 bits per heavy atom. The van der Waals surface area contributed by atoms with Crippen LogP contribution in [0.2, 0.25) is 0 Å². The fourth-order valence-electron chi connectivity index (χ4n) is 3.73. The summed E-state index contributed by atoms with van der Waals surface area (Å²) in [5.41, 5.74) is 3.48. The number of rotatable bonds is 4. The Hall–Kier alpha value is -3.34. The molecule has 1 aliphatic heterocycles. The van der Waals surface area contributed by atoms with Crippen LogP contribution in [0.5, 0.6) is 0 Å². The SMILES string of the molecule is O=[N+]([O-])c1ccc(C2N(c3ccccc3)CCCN2c2ccccc2)cc1. The van der Waals surface area contributed by atoms with Gasteiger partial charge in [-0.25, -0.2) is 0 Å². The van der Waals surface area contributed by atoms with Gasteiger partial charge in [0.05, 0.1) is 4.92 Å². The average molecular weight is 359 g/mol. The van der Waals surface area contributed by atoms with Crippen molar-refractivity contribution in [3.8, 4) is 0 Å². The Morgan fingerprint density at radius 3 is 1.67 bits per heavy atom. The first-order valence-electron chi connectivity index (χ1n) is 9.12. The van der Waals surface area contributed by atoms with Crippen molar-refractivity contribution < 1.29 is 4.92 Å². The summed E-state index contributed by atoms with van der Waals surface area (Å²) in [7, 11) is 0. The van der Waals surface area contributed by atoms with Crippen molar-refractivity contribution in [3.63, 3.8) is 0 Å². The van der Waals surface area contributed by atoms with E-state index in [1.165, 1.54) is 0 Å². The van der Waals surface area contributed by atoms with Crippen molar-refractivity contribution in [1.82, 2.24) is 0 Å². The fraction of sp³-hybridized carbons (Fsp3) is 0.182. The predicted molar refractivity (Wildman–Crippen MR) is 108 cm³/mol. The zero-order valence-electron chi connectivity index (χ0n) is 14.9. The molecule has 1 heterocycles. The number of benzene rings is 3. The van der Waals surface area contributed by atoms with Gasteiger partial charge in [-0.2, -0.15) is 0 Å². The third-order valence-corrected chi connectivity index (χ3v) is 4.97. The molecule has 0 N–H and O–H groups in total. The maximum atomic E-state index is 11.0. The summed E-state index contributed by atoms with van der Waals surface area (Å²) in [6.07, 6.45) is 1.04. The Balaban J connectivity index is 1.78. The number of nitro benzene ring substituents is 1. The van der Waals surface area contributed by atoms with Crippen LogP contribution in [0.25, 0.3) is 0 Å². The van der Waals surface area contributed by atoms with Gasteiger partial charge in [0.1, 0.15) is 6.17 Å². The molecule has 0 atom stereocenters. The summed E-state index contributed by atoms with van der Waals surface area (Å²) < 4.78 is 0. The molecule has 0 amide bonds. The van der Waals surface area contributed by atoms with E-state index in [0.717, 1.165) is 36.4 Å². The van der Waals surface area contributed by atoms with E-state index in [2.05, 4.69) is 34.1 Å². The lowest BCUT2D eigenvalue weighted by Crippen LogP contribution is -2.48. The van der Waals surface area contributed by atoms with Crippen LogP contribution in [0.1, 0.15) is 18.2 Å². The number of nitro groups is 1. The minimum absolute atomic E-state index is 0.00986. The lowest BCUT2D eigenvalue weighted by atomic mass is 10.0. The molecule has 5 heteroatoms. The van der Waals surface area contributed by atoms with Gasteiger partial charge in [0.15, 0.2) is 0 Å². The second-order valence-corrected chi connectivity index (χ2v) is 6.63. The van der Waals surface area contributed by atoms with Crippen LogP contribution in [-0.4, -0.2) is 18.0 Å². The van der Waals surface area contributed by atoms with E-state index in [9.17, 15) is 10.1 Å². The van der Waals surface area contributed by atoms with Crippen molar-refractivity contribution in [3.05, 3.63) is 101 Å². The zero-order valence-corrected chi connectivity index (χ0v) is 14.9. The first-order chi connectivity index (χ1) is 13.2. The van der Waals surface area contributed by atoms with Crippen molar-refractivity contribution in [2.24, 2.45) is 0 Å². The molecule has 3 aromatic carbocycles. The fourth-order valence-corrected chi connectivity index (χ4v) is 3.73. The van der Waals surface area contributed by atoms with Crippen LogP contribution in [-0.2, 0) is 0 Å². The number of hydrogen-bond donors (Lipinski definition) is 0. The molecular weight excluding hydrogens is 338 g/mol. The molecule has 1 aliphatic rings. The van der Waals surface area contributed by atoms with E-state index in [1.807, 2.05) is 48.5 Å². The first-order valence-corrected chi connectivity index (χ1v) is 9.12. The molecule has 136 valence electrons. The second kappa shape index (κ2) is 7.50. The van der Waals surface area contributed by atoms with Gasteiger partial charge in [0.25, 0.3) is 5.69 Å². The first kappa shape index (κ1) is 17.1. The summed E-state index contributed by atoms with van der Waals surface area (Å²) in [5.74, 6) is 0. The average Bonchev–Trinajstić information content (AvgIpc) is 2.74. The van der Waals surface area contributed by atoms with Crippen LogP contribution in [0.4, 0.5) is 17.1 Å². The summed E-state index contributed by atoms with van der Waals surface area (Å²) in [5, 5.41) is 11.0. The Labute approximate surface area is 158 Å². The van der Waals surface area contributed by atoms with Gasteiger partial charge in [0, 0.05) is 36.6 Å². The van der Waals surface area contributed by atoms with Crippen LogP contribution in [0, 0.1) is 10.1 Å². The molecule has 0 unspecified atom stereocenters. The van der Waals surface area contributed by atoms with E-state index in [1.54, 1.807) is 12.1 Å². The van der Waals surface area contributed by atoms with E-state index >= 15 is 0 Å². The monoisotopic (exact) mass is 359 g/mol. The smallest absolute Gasteiger partial charge is 0.269 e. The van der Waals surface area contributed by atoms with E-state index < -0.39 is 0 Å². The molecule has 1 fully saturated rings. The zero-order chi connectivity index (χ0) is 18.6. The molecule has 0 aromatic heterocycles. The summed E-state index contributed by atoms with van der Waals surface area (Å²) in [4.78, 5) is 15.4. The van der Waals surface area contributed by atoms with Gasteiger partial charge in [-0.1, -0.05) is 36.4 Å². The minimum Gasteiger partial charge on any atom is -0.347 e. The minimum atomic E-state index is -0.353. The van der Waals surface area contributed by atoms with Crippen molar-refractivity contribution in [2.75, 3.05) is 22.9 Å². The molecule has 5 nitrogen and oxygen atoms in total. The summed E-state index contributed by atoms with van der Waals surface area (Å²) in [6.45, 7) is 1.88. The van der Waals surface area contributed by atoms with Gasteiger partial charge < -0.3 is 9.80 Å². The normalized spacial score (nSPS) is 15.0. The third-order valence-electron chi connectivity index (χ3n) is 4.97. The third kappa shape index (κ3) is 3.49. The number of hydrogen-bond acceptors (Lipinski definition) is 4. The highest BCUT2D eigenvalue weighted by Gasteiger charge is 2.31. The molecular formula is C22H21N3O2. The maximum absolute atomic E-state index is 11.0. The Kier molecular flexibility index (Phi) is 4.75. The largest absolute Gasteiger partial charge is 0.347 e. The summed E-state index contributed by atoms with van der Waals surface area (Å²) in [6, 6.07) is 27.6. The maximum Gasteiger partial charge on any atom is 0.269 e. The highest BCUT2D eigenvalue weighted by Crippen LogP contribution is 2.37. The van der Waals surface area contributed by atoms with Crippen molar-refractivity contribution >= 4 is 17.1 Å². The number of anilines is 2. The lowest BCUT2D eigenvalue weighted by molar-refractivity contribution is -0.384. The number of non-ortho nitro benzene ring substituents is 1. The Morgan fingerprint density at radius 2 is 1.22 bits per heavy atom. The molecule has 0 spiro atoms. The quantitative estimate of drug-likeness (QED) is 0.485. The van der Waals surface area contributed by atoms with Gasteiger partial charge in [-0.05, 0) is 48.4 Å². The summed E-state index contributed by atoms with van der Waals surface area (Å²) >= 11 is 0. The van der Waals surface area contributed by atoms with Gasteiger partial charge in [-0.3, -0.25) is 10.1 Å². The molecule has 1 saturated heterocycles. The molecule has 0 bridgehead atoms. The van der Waals surface area contributed by atoms with Crippen LogP contribution in [0.15, 0.2) is 84.9 Å². The molecule has 3 aromatic rings. The molecule has 0 saturated carbocycles. The van der Waals surface area contributed by atoms with E-state index in [4.69, 9.17) is 0 Å². The highest BCUT2D eigenvalue weighted by atomic mass is 16.6. The van der Waals surface area contributed by atoms with Crippen molar-refractivity contribution in [1.29, 1.82) is 0 Å². The number of para-hydroxylation sites is 2. The predicted octanol–water partition coefficient (Wildman–Crippen LogP) is 5.01. The second-order valence-electron chi connectivity index (χ2n) is 6.63. The molecule has 27 heavy (non-hydrogen) atoms. The van der Waals surface area contributed by atoms with Crippen LogP contribution in [0.3, 0.4) is 0 Å². The van der Waals surface area contributed by atoms with Crippen molar-refractivity contribution in [2.45, 2.75) is 12.6 Å². The van der Waals surface area contributed by atoms with Gasteiger partial charge in [-0.15, -0.1) is 0 Å². The van der Waals surface area contributed by atoms with Gasteiger partial charge >= 0.3 is 0 Å². The van der Waals surface area contributed by atoms with E-state index in [-0.39, 0.29) is 16.8 Å². The Bertz CT molecular complexity index is 850. The lowest BCUT2D eigenvalue weighted by Gasteiger charge is -2.46. The molecule has 0 aliphatic carbocycles. The van der Waals surface area contributed by atoms with E-state index in [0.29, 0.717) is 0 Å². The van der Waals surface area contributed by atoms with Gasteiger partial charge in [0.2, 0.25) is 0 Å². The van der Waals surface area contributed by atoms with Crippen LogP contribution >= 0.6 is 0 Å². The number of nitrogens with zero attached hydrogens (tertiary/aromatic N) is 3. The highest BCUT2D eigenvalue weighted by molar-refractivity contribution is 5.57. The standard InChI is InChI=1S/C22H21N3O2/c26-25(27)21-14-12-18(13-15-21)22-23(19-8-3-1-4-9-19)16-7-17-24(22)20-10-5-2-6-11-20/h1-6,8-15,22H,7,16-17H2.